The maximum absolute atomic E-state index is 11.2. The van der Waals surface area contributed by atoms with Crippen molar-refractivity contribution in [1.29, 1.82) is 0 Å². The highest BCUT2D eigenvalue weighted by atomic mass is 32.1. The third-order valence-electron chi connectivity index (χ3n) is 3.87. The van der Waals surface area contributed by atoms with Crippen LogP contribution in [0, 0.1) is 6.92 Å². The molecule has 1 aromatic rings. The monoisotopic (exact) mass is 268 g/mol. The van der Waals surface area contributed by atoms with E-state index in [-0.39, 0.29) is 12.0 Å². The van der Waals surface area contributed by atoms with Crippen LogP contribution in [-0.2, 0) is 4.79 Å². The molecule has 0 bridgehead atoms. The summed E-state index contributed by atoms with van der Waals surface area (Å²) >= 11 is 1.60. The van der Waals surface area contributed by atoms with Gasteiger partial charge in [-0.3, -0.25) is 4.79 Å². The van der Waals surface area contributed by atoms with Crippen LogP contribution >= 0.6 is 11.3 Å². The molecular weight excluding hydrogens is 248 g/mol. The van der Waals surface area contributed by atoms with Gasteiger partial charge in [0.2, 0.25) is 0 Å². The third-order valence-corrected chi connectivity index (χ3v) is 4.90. The third kappa shape index (κ3) is 2.66. The van der Waals surface area contributed by atoms with Gasteiger partial charge in [-0.2, -0.15) is 0 Å². The second-order valence-electron chi connectivity index (χ2n) is 5.19. The molecule has 0 aliphatic heterocycles. The van der Waals surface area contributed by atoms with Gasteiger partial charge in [0.15, 0.2) is 5.13 Å². The standard InChI is InChI=1S/C13H20N2O2S/c1-10-9-18-12(14-10)15(2)13(8-11(16)17)6-4-3-5-7-13/h9H,3-8H2,1-2H3,(H,16,17). The molecule has 0 spiro atoms. The van der Waals surface area contributed by atoms with Crippen molar-refractivity contribution in [2.75, 3.05) is 11.9 Å². The Kier molecular flexibility index (Phi) is 3.90. The number of rotatable bonds is 4. The highest BCUT2D eigenvalue weighted by molar-refractivity contribution is 7.13. The number of anilines is 1. The molecule has 0 atom stereocenters. The first-order chi connectivity index (χ1) is 8.53. The van der Waals surface area contributed by atoms with E-state index in [4.69, 9.17) is 0 Å². The molecule has 1 heterocycles. The summed E-state index contributed by atoms with van der Waals surface area (Å²) in [4.78, 5) is 17.8. The van der Waals surface area contributed by atoms with Crippen molar-refractivity contribution in [3.05, 3.63) is 11.1 Å². The number of carboxylic acids is 1. The normalized spacial score (nSPS) is 18.6. The van der Waals surface area contributed by atoms with E-state index >= 15 is 0 Å². The molecule has 0 radical (unpaired) electrons. The van der Waals surface area contributed by atoms with E-state index in [0.717, 1.165) is 36.5 Å². The molecule has 1 aromatic heterocycles. The average molecular weight is 268 g/mol. The van der Waals surface area contributed by atoms with Crippen LogP contribution in [0.25, 0.3) is 0 Å². The average Bonchev–Trinajstić information content (AvgIpc) is 2.75. The number of nitrogens with zero attached hydrogens (tertiary/aromatic N) is 2. The largest absolute Gasteiger partial charge is 0.481 e. The second-order valence-corrected chi connectivity index (χ2v) is 6.02. The zero-order chi connectivity index (χ0) is 13.2. The zero-order valence-electron chi connectivity index (χ0n) is 11.0. The molecule has 2 rings (SSSR count). The van der Waals surface area contributed by atoms with Crippen LogP contribution in [0.5, 0.6) is 0 Å². The van der Waals surface area contributed by atoms with Crippen LogP contribution in [0.1, 0.15) is 44.2 Å². The van der Waals surface area contributed by atoms with E-state index in [9.17, 15) is 9.90 Å². The molecule has 18 heavy (non-hydrogen) atoms. The van der Waals surface area contributed by atoms with Gasteiger partial charge in [-0.1, -0.05) is 19.3 Å². The first kappa shape index (κ1) is 13.3. The molecule has 5 heteroatoms. The van der Waals surface area contributed by atoms with Gasteiger partial charge in [0.05, 0.1) is 17.7 Å². The minimum absolute atomic E-state index is 0.210. The lowest BCUT2D eigenvalue weighted by Gasteiger charge is -2.43. The first-order valence-corrected chi connectivity index (χ1v) is 7.29. The van der Waals surface area contributed by atoms with E-state index in [1.54, 1.807) is 11.3 Å². The van der Waals surface area contributed by atoms with E-state index in [1.807, 2.05) is 19.4 Å². The summed E-state index contributed by atoms with van der Waals surface area (Å²) in [5.74, 6) is -0.711. The smallest absolute Gasteiger partial charge is 0.305 e. The van der Waals surface area contributed by atoms with Crippen molar-refractivity contribution in [3.8, 4) is 0 Å². The fraction of sp³-hybridized carbons (Fsp3) is 0.692. The summed E-state index contributed by atoms with van der Waals surface area (Å²) in [7, 11) is 1.99. The zero-order valence-corrected chi connectivity index (χ0v) is 11.8. The van der Waals surface area contributed by atoms with Gasteiger partial charge in [0, 0.05) is 12.4 Å². The summed E-state index contributed by atoms with van der Waals surface area (Å²) in [5, 5.41) is 12.1. The number of carboxylic acid groups (broad SMARTS) is 1. The summed E-state index contributed by atoms with van der Waals surface area (Å²) in [6.45, 7) is 1.97. The lowest BCUT2D eigenvalue weighted by Crippen LogP contribution is -2.49. The maximum Gasteiger partial charge on any atom is 0.305 e. The molecule has 0 unspecified atom stereocenters. The quantitative estimate of drug-likeness (QED) is 0.911. The number of thiazole rings is 1. The first-order valence-electron chi connectivity index (χ1n) is 6.41. The molecule has 0 aromatic carbocycles. The molecule has 1 aliphatic carbocycles. The van der Waals surface area contributed by atoms with E-state index in [2.05, 4.69) is 9.88 Å². The molecule has 1 saturated carbocycles. The fourth-order valence-electron chi connectivity index (χ4n) is 2.82. The highest BCUT2D eigenvalue weighted by Crippen LogP contribution is 2.39. The summed E-state index contributed by atoms with van der Waals surface area (Å²) in [6, 6.07) is 0. The lowest BCUT2D eigenvalue weighted by atomic mass is 9.78. The maximum atomic E-state index is 11.2. The number of carbonyl (C=O) groups is 1. The Bertz CT molecular complexity index is 424. The summed E-state index contributed by atoms with van der Waals surface area (Å²) < 4.78 is 0. The minimum Gasteiger partial charge on any atom is -0.481 e. The van der Waals surface area contributed by atoms with Crippen LogP contribution in [0.15, 0.2) is 5.38 Å². The van der Waals surface area contributed by atoms with Crippen LogP contribution in [0.4, 0.5) is 5.13 Å². The molecule has 1 fully saturated rings. The van der Waals surface area contributed by atoms with Crippen LogP contribution in [-0.4, -0.2) is 28.6 Å². The Hall–Kier alpha value is -1.10. The Labute approximate surface area is 112 Å². The Balaban J connectivity index is 2.24. The van der Waals surface area contributed by atoms with Gasteiger partial charge in [-0.15, -0.1) is 11.3 Å². The molecule has 100 valence electrons. The number of aromatic nitrogens is 1. The molecule has 0 amide bonds. The summed E-state index contributed by atoms with van der Waals surface area (Å²) in [5.41, 5.74) is 0.761. The Morgan fingerprint density at radius 1 is 1.50 bits per heavy atom. The Morgan fingerprint density at radius 2 is 2.17 bits per heavy atom. The van der Waals surface area contributed by atoms with Crippen LogP contribution < -0.4 is 4.90 Å². The van der Waals surface area contributed by atoms with Crippen LogP contribution in [0.3, 0.4) is 0 Å². The number of hydrogen-bond donors (Lipinski definition) is 1. The molecule has 1 N–H and O–H groups in total. The van der Waals surface area contributed by atoms with Crippen molar-refractivity contribution >= 4 is 22.4 Å². The van der Waals surface area contributed by atoms with E-state index < -0.39 is 5.97 Å². The van der Waals surface area contributed by atoms with Gasteiger partial charge in [0.1, 0.15) is 0 Å². The Morgan fingerprint density at radius 3 is 2.67 bits per heavy atom. The predicted octanol–water partition coefficient (Wildman–Crippen LogP) is 3.07. The van der Waals surface area contributed by atoms with Gasteiger partial charge >= 0.3 is 5.97 Å². The van der Waals surface area contributed by atoms with E-state index in [1.165, 1.54) is 6.42 Å². The topological polar surface area (TPSA) is 53.4 Å². The minimum atomic E-state index is -0.711. The fourth-order valence-corrected chi connectivity index (χ4v) is 3.70. The molecule has 4 nitrogen and oxygen atoms in total. The lowest BCUT2D eigenvalue weighted by molar-refractivity contribution is -0.138. The molecule has 1 aliphatic rings. The van der Waals surface area contributed by atoms with Crippen molar-refractivity contribution in [2.45, 2.75) is 51.0 Å². The number of hydrogen-bond acceptors (Lipinski definition) is 4. The SMILES string of the molecule is Cc1csc(N(C)C2(CC(=O)O)CCCCC2)n1. The van der Waals surface area contributed by atoms with Gasteiger partial charge in [-0.05, 0) is 19.8 Å². The van der Waals surface area contributed by atoms with Crippen molar-refractivity contribution in [3.63, 3.8) is 0 Å². The van der Waals surface area contributed by atoms with Gasteiger partial charge in [0.25, 0.3) is 0 Å². The highest BCUT2D eigenvalue weighted by Gasteiger charge is 2.39. The van der Waals surface area contributed by atoms with Gasteiger partial charge < -0.3 is 10.0 Å². The van der Waals surface area contributed by atoms with Gasteiger partial charge in [-0.25, -0.2) is 4.98 Å². The predicted molar refractivity (Wildman–Crippen MR) is 73.3 cm³/mol. The second kappa shape index (κ2) is 5.26. The number of aliphatic carboxylic acids is 1. The van der Waals surface area contributed by atoms with Crippen molar-refractivity contribution in [1.82, 2.24) is 4.98 Å². The van der Waals surface area contributed by atoms with Crippen LogP contribution in [0.2, 0.25) is 0 Å². The molecular formula is C13H20N2O2S. The molecule has 0 saturated heterocycles. The van der Waals surface area contributed by atoms with Crippen molar-refractivity contribution in [2.24, 2.45) is 0 Å². The number of aryl methyl sites for hydroxylation is 1. The van der Waals surface area contributed by atoms with Crippen molar-refractivity contribution < 1.29 is 9.90 Å². The summed E-state index contributed by atoms with van der Waals surface area (Å²) in [6.07, 6.45) is 5.56. The van der Waals surface area contributed by atoms with E-state index in [0.29, 0.717) is 0 Å².